The van der Waals surface area contributed by atoms with Crippen molar-refractivity contribution in [2.45, 2.75) is 49.5 Å². The lowest BCUT2D eigenvalue weighted by atomic mass is 9.97. The summed E-state index contributed by atoms with van der Waals surface area (Å²) in [7, 11) is -4.05. The molecule has 1 aliphatic heterocycles. The molecule has 3 aromatic rings. The van der Waals surface area contributed by atoms with Crippen molar-refractivity contribution in [1.82, 2.24) is 14.9 Å². The predicted octanol–water partition coefficient (Wildman–Crippen LogP) is 2.90. The Labute approximate surface area is 191 Å². The molecule has 2 aromatic heterocycles. The smallest absolute Gasteiger partial charge is 0.274 e. The highest BCUT2D eigenvalue weighted by atomic mass is 32.2. The number of nitrogens with one attached hydrogen (secondary N) is 2. The summed E-state index contributed by atoms with van der Waals surface area (Å²) in [6.45, 7) is 2.43. The number of aromatic nitrogens is 2. The van der Waals surface area contributed by atoms with Crippen LogP contribution in [0.2, 0.25) is 0 Å². The van der Waals surface area contributed by atoms with Crippen LogP contribution in [0.5, 0.6) is 0 Å². The Morgan fingerprint density at radius 1 is 1.18 bits per heavy atom. The van der Waals surface area contributed by atoms with Crippen LogP contribution in [0.1, 0.15) is 71.1 Å². The second-order valence-electron chi connectivity index (χ2n) is 8.80. The van der Waals surface area contributed by atoms with Crippen LogP contribution in [-0.2, 0) is 10.0 Å². The number of carbonyl (C=O) groups excluding carboxylic acids is 2. The molecular formula is C23H25N5O4S. The summed E-state index contributed by atoms with van der Waals surface area (Å²) >= 11 is 0. The minimum atomic E-state index is -4.05. The first-order valence-corrected chi connectivity index (χ1v) is 12.6. The van der Waals surface area contributed by atoms with Crippen LogP contribution in [0.4, 0.5) is 5.69 Å². The van der Waals surface area contributed by atoms with Crippen LogP contribution < -0.4 is 15.8 Å². The average Bonchev–Trinajstić information content (AvgIpc) is 3.44. The Morgan fingerprint density at radius 3 is 2.67 bits per heavy atom. The van der Waals surface area contributed by atoms with E-state index in [1.807, 2.05) is 17.6 Å². The lowest BCUT2D eigenvalue weighted by Gasteiger charge is -2.23. The van der Waals surface area contributed by atoms with Crippen LogP contribution in [0.15, 0.2) is 41.3 Å². The van der Waals surface area contributed by atoms with E-state index in [0.29, 0.717) is 23.8 Å². The maximum atomic E-state index is 13.0. The summed E-state index contributed by atoms with van der Waals surface area (Å²) in [5.74, 6) is -0.435. The van der Waals surface area contributed by atoms with Crippen LogP contribution in [0.3, 0.4) is 0 Å². The standard InChI is InChI=1S/C23H25N5O4S/c1-13-12-25-23(30)19-10-16-7-9-18(26-21(16)28(13)19)22(29)27-17-8-6-15(14-4-2-3-5-14)11-20(17)33(24,31)32/h6-11,13-14H,2-5,12H2,1H3,(H,25,30)(H,27,29)(H2,24,31,32)/t13-/m1/s1. The largest absolute Gasteiger partial charge is 0.349 e. The topological polar surface area (TPSA) is 136 Å². The van der Waals surface area contributed by atoms with Gasteiger partial charge >= 0.3 is 0 Å². The number of fused-ring (bicyclic) bond motifs is 3. The summed E-state index contributed by atoms with van der Waals surface area (Å²) < 4.78 is 26.4. The molecule has 2 aliphatic rings. The van der Waals surface area contributed by atoms with E-state index in [-0.39, 0.29) is 28.2 Å². The van der Waals surface area contributed by atoms with Crippen molar-refractivity contribution in [2.75, 3.05) is 11.9 Å². The first kappa shape index (κ1) is 21.6. The second-order valence-corrected chi connectivity index (χ2v) is 10.3. The molecule has 5 rings (SSSR count). The monoisotopic (exact) mass is 467 g/mol. The molecule has 4 N–H and O–H groups in total. The third-order valence-electron chi connectivity index (χ3n) is 6.54. The zero-order chi connectivity index (χ0) is 23.3. The van der Waals surface area contributed by atoms with Crippen LogP contribution >= 0.6 is 0 Å². The van der Waals surface area contributed by atoms with E-state index in [0.717, 1.165) is 36.6 Å². The van der Waals surface area contributed by atoms with Crippen molar-refractivity contribution in [1.29, 1.82) is 0 Å². The molecule has 9 nitrogen and oxygen atoms in total. The Bertz CT molecular complexity index is 1390. The number of primary sulfonamides is 1. The van der Waals surface area contributed by atoms with E-state index in [1.54, 1.807) is 30.3 Å². The van der Waals surface area contributed by atoms with E-state index in [9.17, 15) is 18.0 Å². The number of pyridine rings is 1. The summed E-state index contributed by atoms with van der Waals surface area (Å²) in [5, 5.41) is 11.7. The molecule has 0 saturated heterocycles. The number of anilines is 1. The van der Waals surface area contributed by atoms with Gasteiger partial charge in [-0.25, -0.2) is 18.5 Å². The average molecular weight is 468 g/mol. The fourth-order valence-corrected chi connectivity index (χ4v) is 5.57. The maximum absolute atomic E-state index is 13.0. The van der Waals surface area contributed by atoms with Gasteiger partial charge in [0.15, 0.2) is 0 Å². The number of rotatable bonds is 4. The van der Waals surface area contributed by atoms with Crippen LogP contribution in [-0.4, -0.2) is 36.3 Å². The van der Waals surface area contributed by atoms with Crippen molar-refractivity contribution < 1.29 is 18.0 Å². The molecule has 0 spiro atoms. The Balaban J connectivity index is 1.49. The molecule has 2 amide bonds. The van der Waals surface area contributed by atoms with Crippen molar-refractivity contribution in [2.24, 2.45) is 5.14 Å². The van der Waals surface area contributed by atoms with Gasteiger partial charge in [0.25, 0.3) is 11.8 Å². The van der Waals surface area contributed by atoms with Crippen LogP contribution in [0, 0.1) is 0 Å². The number of hydrogen-bond donors (Lipinski definition) is 3. The first-order chi connectivity index (χ1) is 15.7. The van der Waals surface area contributed by atoms with Gasteiger partial charge in [-0.05, 0) is 61.6 Å². The highest BCUT2D eigenvalue weighted by molar-refractivity contribution is 7.89. The summed E-state index contributed by atoms with van der Waals surface area (Å²) in [4.78, 5) is 29.6. The van der Waals surface area contributed by atoms with Gasteiger partial charge in [0, 0.05) is 11.9 Å². The second kappa shape index (κ2) is 7.96. The number of nitrogens with zero attached hydrogens (tertiary/aromatic N) is 2. The van der Waals surface area contributed by atoms with Gasteiger partial charge in [0.2, 0.25) is 10.0 Å². The fraction of sp³-hybridized carbons (Fsp3) is 0.348. The molecule has 10 heteroatoms. The van der Waals surface area contributed by atoms with Crippen molar-refractivity contribution >= 4 is 38.6 Å². The number of carbonyl (C=O) groups is 2. The van der Waals surface area contributed by atoms with Gasteiger partial charge in [0.05, 0.1) is 11.7 Å². The molecule has 1 aromatic carbocycles. The van der Waals surface area contributed by atoms with Gasteiger partial charge in [-0.3, -0.25) is 9.59 Å². The van der Waals surface area contributed by atoms with E-state index in [1.165, 1.54) is 0 Å². The van der Waals surface area contributed by atoms with Gasteiger partial charge in [-0.1, -0.05) is 18.9 Å². The van der Waals surface area contributed by atoms with Gasteiger partial charge in [-0.15, -0.1) is 0 Å². The minimum absolute atomic E-state index is 0.0156. The molecule has 3 heterocycles. The molecule has 1 aliphatic carbocycles. The zero-order valence-electron chi connectivity index (χ0n) is 18.2. The molecule has 1 atom stereocenters. The normalized spacial score (nSPS) is 18.8. The molecule has 0 bridgehead atoms. The van der Waals surface area contributed by atoms with E-state index >= 15 is 0 Å². The quantitative estimate of drug-likeness (QED) is 0.542. The van der Waals surface area contributed by atoms with Gasteiger partial charge in [0.1, 0.15) is 21.9 Å². The molecular weight excluding hydrogens is 442 g/mol. The lowest BCUT2D eigenvalue weighted by molar-refractivity contribution is 0.0918. The number of sulfonamides is 1. The molecule has 1 saturated carbocycles. The lowest BCUT2D eigenvalue weighted by Crippen LogP contribution is -2.37. The molecule has 1 fully saturated rings. The van der Waals surface area contributed by atoms with E-state index in [2.05, 4.69) is 15.6 Å². The molecule has 172 valence electrons. The summed E-state index contributed by atoms with van der Waals surface area (Å²) in [5.41, 5.74) is 2.18. The Kier molecular flexibility index (Phi) is 5.21. The maximum Gasteiger partial charge on any atom is 0.274 e. The zero-order valence-corrected chi connectivity index (χ0v) is 19.0. The van der Waals surface area contributed by atoms with Gasteiger partial charge in [-0.2, -0.15) is 0 Å². The van der Waals surface area contributed by atoms with Crippen LogP contribution in [0.25, 0.3) is 11.0 Å². The minimum Gasteiger partial charge on any atom is -0.349 e. The summed E-state index contributed by atoms with van der Waals surface area (Å²) in [6, 6.07) is 10.0. The van der Waals surface area contributed by atoms with Crippen molar-refractivity contribution in [3.05, 3.63) is 53.3 Å². The predicted molar refractivity (Wildman–Crippen MR) is 124 cm³/mol. The highest BCUT2D eigenvalue weighted by Crippen LogP contribution is 2.36. The van der Waals surface area contributed by atoms with Gasteiger partial charge < -0.3 is 15.2 Å². The number of benzene rings is 1. The third-order valence-corrected chi connectivity index (χ3v) is 7.49. The SMILES string of the molecule is C[C@@H]1CNC(=O)c2cc3ccc(C(=O)Nc4ccc(C5CCCC5)cc4S(N)(=O)=O)nc3n21. The third kappa shape index (κ3) is 3.89. The first-order valence-electron chi connectivity index (χ1n) is 11.0. The number of hydrogen-bond acceptors (Lipinski definition) is 5. The Morgan fingerprint density at radius 2 is 1.94 bits per heavy atom. The van der Waals surface area contributed by atoms with Crippen molar-refractivity contribution in [3.8, 4) is 0 Å². The summed E-state index contributed by atoms with van der Waals surface area (Å²) in [6.07, 6.45) is 4.26. The molecule has 33 heavy (non-hydrogen) atoms. The highest BCUT2D eigenvalue weighted by Gasteiger charge is 2.26. The number of nitrogens with two attached hydrogens (primary N) is 1. The number of amides is 2. The van der Waals surface area contributed by atoms with E-state index in [4.69, 9.17) is 5.14 Å². The fourth-order valence-electron chi connectivity index (χ4n) is 4.84. The van der Waals surface area contributed by atoms with E-state index < -0.39 is 15.9 Å². The molecule has 0 radical (unpaired) electrons. The Hall–Kier alpha value is -3.24. The molecule has 0 unspecified atom stereocenters. The van der Waals surface area contributed by atoms with Crippen molar-refractivity contribution in [3.63, 3.8) is 0 Å².